The van der Waals surface area contributed by atoms with E-state index in [1.54, 1.807) is 23.0 Å². The molecule has 2 aromatic rings. The molecule has 1 fully saturated rings. The van der Waals surface area contributed by atoms with E-state index in [4.69, 9.17) is 0 Å². The van der Waals surface area contributed by atoms with E-state index in [0.29, 0.717) is 13.0 Å². The zero-order chi connectivity index (χ0) is 15.4. The minimum absolute atomic E-state index is 0.00503. The average molecular weight is 301 g/mol. The average Bonchev–Trinajstić information content (AvgIpc) is 3.06. The van der Waals surface area contributed by atoms with Gasteiger partial charge in [-0.15, -0.1) is 0 Å². The summed E-state index contributed by atoms with van der Waals surface area (Å²) in [5, 5.41) is 4.12. The molecule has 2 heterocycles. The third kappa shape index (κ3) is 3.35. The number of aryl methyl sites for hydroxylation is 1. The molecular weight excluding hydrogens is 281 g/mol. The van der Waals surface area contributed by atoms with E-state index >= 15 is 0 Å². The quantitative estimate of drug-likeness (QED) is 0.870. The summed E-state index contributed by atoms with van der Waals surface area (Å²) in [7, 11) is 0. The van der Waals surface area contributed by atoms with Crippen molar-refractivity contribution in [1.29, 1.82) is 0 Å². The Balaban J connectivity index is 1.70. The van der Waals surface area contributed by atoms with E-state index in [1.165, 1.54) is 6.07 Å². The minimum Gasteiger partial charge on any atom is -0.336 e. The number of hydrogen-bond acceptors (Lipinski definition) is 2. The van der Waals surface area contributed by atoms with Crippen LogP contribution in [0.4, 0.5) is 4.39 Å². The lowest BCUT2D eigenvalue weighted by Crippen LogP contribution is -2.38. The lowest BCUT2D eigenvalue weighted by Gasteiger charge is -2.36. The Morgan fingerprint density at radius 2 is 2.23 bits per heavy atom. The van der Waals surface area contributed by atoms with Crippen molar-refractivity contribution >= 4 is 5.91 Å². The normalized spacial score (nSPS) is 18.4. The summed E-state index contributed by atoms with van der Waals surface area (Å²) in [6, 6.07) is 8.45. The highest BCUT2D eigenvalue weighted by Gasteiger charge is 2.27. The van der Waals surface area contributed by atoms with Gasteiger partial charge in [-0.2, -0.15) is 5.10 Å². The smallest absolute Gasteiger partial charge is 0.224 e. The molecule has 0 radical (unpaired) electrons. The van der Waals surface area contributed by atoms with Gasteiger partial charge in [0.05, 0.1) is 6.04 Å². The molecule has 0 N–H and O–H groups in total. The van der Waals surface area contributed by atoms with Gasteiger partial charge in [0.25, 0.3) is 0 Å². The van der Waals surface area contributed by atoms with Gasteiger partial charge in [-0.3, -0.25) is 9.48 Å². The molecular formula is C17H20FN3O. The molecule has 4 nitrogen and oxygen atoms in total. The lowest BCUT2D eigenvalue weighted by atomic mass is 9.95. The van der Waals surface area contributed by atoms with E-state index < -0.39 is 0 Å². The summed E-state index contributed by atoms with van der Waals surface area (Å²) in [5.41, 5.74) is 0.895. The van der Waals surface area contributed by atoms with E-state index in [9.17, 15) is 9.18 Å². The molecule has 0 aliphatic carbocycles. The van der Waals surface area contributed by atoms with Crippen LogP contribution in [0.3, 0.4) is 0 Å². The number of carbonyl (C=O) groups is 1. The van der Waals surface area contributed by atoms with E-state index in [2.05, 4.69) is 5.10 Å². The molecule has 116 valence electrons. The van der Waals surface area contributed by atoms with Crippen molar-refractivity contribution in [3.8, 4) is 0 Å². The van der Waals surface area contributed by atoms with Crippen molar-refractivity contribution in [2.24, 2.45) is 0 Å². The monoisotopic (exact) mass is 301 g/mol. The van der Waals surface area contributed by atoms with Crippen molar-refractivity contribution in [3.63, 3.8) is 0 Å². The van der Waals surface area contributed by atoms with Crippen LogP contribution in [0.2, 0.25) is 0 Å². The van der Waals surface area contributed by atoms with Crippen molar-refractivity contribution in [3.05, 3.63) is 54.1 Å². The fraction of sp³-hybridized carbons (Fsp3) is 0.412. The first-order chi connectivity index (χ1) is 10.7. The first-order valence-corrected chi connectivity index (χ1v) is 7.76. The van der Waals surface area contributed by atoms with Crippen LogP contribution in [0, 0.1) is 5.82 Å². The third-order valence-corrected chi connectivity index (χ3v) is 4.17. The first kappa shape index (κ1) is 14.8. The number of nitrogens with zero attached hydrogens (tertiary/aromatic N) is 3. The maximum absolute atomic E-state index is 13.5. The maximum Gasteiger partial charge on any atom is 0.224 e. The number of rotatable bonds is 4. The molecule has 1 saturated heterocycles. The number of benzene rings is 1. The summed E-state index contributed by atoms with van der Waals surface area (Å²) in [5.74, 6) is -0.128. The number of amides is 1. The molecule has 1 aliphatic rings. The Hall–Kier alpha value is -2.17. The van der Waals surface area contributed by atoms with E-state index in [0.717, 1.165) is 31.4 Å². The number of likely N-dealkylation sites (tertiary alicyclic amines) is 1. The van der Waals surface area contributed by atoms with Crippen molar-refractivity contribution in [2.75, 3.05) is 6.54 Å². The van der Waals surface area contributed by atoms with Crippen molar-refractivity contribution < 1.29 is 9.18 Å². The molecule has 1 aromatic carbocycles. The molecule has 0 saturated carbocycles. The highest BCUT2D eigenvalue weighted by atomic mass is 19.1. The highest BCUT2D eigenvalue weighted by molar-refractivity contribution is 5.76. The van der Waals surface area contributed by atoms with Gasteiger partial charge in [0.15, 0.2) is 0 Å². The molecule has 1 aliphatic heterocycles. The topological polar surface area (TPSA) is 38.1 Å². The van der Waals surface area contributed by atoms with Gasteiger partial charge in [-0.05, 0) is 43.0 Å². The maximum atomic E-state index is 13.5. The largest absolute Gasteiger partial charge is 0.336 e. The molecule has 22 heavy (non-hydrogen) atoms. The molecule has 1 aromatic heterocycles. The second-order valence-electron chi connectivity index (χ2n) is 5.67. The van der Waals surface area contributed by atoms with Crippen LogP contribution in [0.1, 0.15) is 37.3 Å². The fourth-order valence-electron chi connectivity index (χ4n) is 3.08. The molecule has 1 amide bonds. The Morgan fingerprint density at radius 3 is 3.00 bits per heavy atom. The van der Waals surface area contributed by atoms with E-state index in [-0.39, 0.29) is 17.8 Å². The third-order valence-electron chi connectivity index (χ3n) is 4.17. The SMILES string of the molecule is O=C(CCn1cccn1)N1CCCC[C@H]1c1cccc(F)c1. The van der Waals surface area contributed by atoms with Crippen LogP contribution in [-0.4, -0.2) is 27.1 Å². The van der Waals surface area contributed by atoms with Gasteiger partial charge < -0.3 is 4.90 Å². The minimum atomic E-state index is -0.244. The summed E-state index contributed by atoms with van der Waals surface area (Å²) in [6.45, 7) is 1.33. The lowest BCUT2D eigenvalue weighted by molar-refractivity contribution is -0.135. The molecule has 5 heteroatoms. The Labute approximate surface area is 129 Å². The Kier molecular flexibility index (Phi) is 4.51. The molecule has 0 bridgehead atoms. The van der Waals surface area contributed by atoms with Gasteiger partial charge in [-0.25, -0.2) is 4.39 Å². The second-order valence-corrected chi connectivity index (χ2v) is 5.67. The predicted octanol–water partition coefficient (Wildman–Crippen LogP) is 3.17. The van der Waals surface area contributed by atoms with Crippen LogP contribution in [0.5, 0.6) is 0 Å². The number of hydrogen-bond donors (Lipinski definition) is 0. The number of halogens is 1. The standard InChI is InChI=1S/C17H20FN3O/c18-15-6-3-5-14(13-15)16-7-1-2-11-21(16)17(22)8-12-20-10-4-9-19-20/h3-6,9-10,13,16H,1-2,7-8,11-12H2/t16-/m0/s1. The molecule has 0 spiro atoms. The zero-order valence-electron chi connectivity index (χ0n) is 12.5. The van der Waals surface area contributed by atoms with Gasteiger partial charge in [0, 0.05) is 31.9 Å². The molecule has 3 rings (SSSR count). The van der Waals surface area contributed by atoms with Crippen LogP contribution in [-0.2, 0) is 11.3 Å². The number of aromatic nitrogens is 2. The van der Waals surface area contributed by atoms with Crippen LogP contribution in [0.15, 0.2) is 42.7 Å². The van der Waals surface area contributed by atoms with Gasteiger partial charge in [0.2, 0.25) is 5.91 Å². The first-order valence-electron chi connectivity index (χ1n) is 7.76. The Morgan fingerprint density at radius 1 is 1.32 bits per heavy atom. The molecule has 0 unspecified atom stereocenters. The molecule has 1 atom stereocenters. The summed E-state index contributed by atoms with van der Waals surface area (Å²) >= 11 is 0. The van der Waals surface area contributed by atoms with Crippen LogP contribution >= 0.6 is 0 Å². The predicted molar refractivity (Wildman–Crippen MR) is 81.5 cm³/mol. The Bertz CT molecular complexity index is 627. The van der Waals surface area contributed by atoms with Crippen molar-refractivity contribution in [1.82, 2.24) is 14.7 Å². The van der Waals surface area contributed by atoms with Gasteiger partial charge in [-0.1, -0.05) is 12.1 Å². The van der Waals surface area contributed by atoms with Crippen molar-refractivity contribution in [2.45, 2.75) is 38.3 Å². The highest BCUT2D eigenvalue weighted by Crippen LogP contribution is 2.31. The summed E-state index contributed by atoms with van der Waals surface area (Å²) < 4.78 is 15.2. The number of carbonyl (C=O) groups excluding carboxylic acids is 1. The van der Waals surface area contributed by atoms with E-state index in [1.807, 2.05) is 23.2 Å². The zero-order valence-corrected chi connectivity index (χ0v) is 12.5. The van der Waals surface area contributed by atoms with Crippen LogP contribution in [0.25, 0.3) is 0 Å². The fourth-order valence-corrected chi connectivity index (χ4v) is 3.08. The summed E-state index contributed by atoms with van der Waals surface area (Å²) in [4.78, 5) is 14.5. The summed E-state index contributed by atoms with van der Waals surface area (Å²) in [6.07, 6.45) is 6.97. The second kappa shape index (κ2) is 6.73. The van der Waals surface area contributed by atoms with Gasteiger partial charge in [0.1, 0.15) is 5.82 Å². The van der Waals surface area contributed by atoms with Crippen LogP contribution < -0.4 is 0 Å². The van der Waals surface area contributed by atoms with Gasteiger partial charge >= 0.3 is 0 Å². The number of piperidine rings is 1.